The molecule has 0 N–H and O–H groups in total. The quantitative estimate of drug-likeness (QED) is 0.216. The maximum Gasteiger partial charge on any atom is 0.119 e. The minimum atomic E-state index is 0.273. The molecule has 0 unspecified atom stereocenters. The summed E-state index contributed by atoms with van der Waals surface area (Å²) in [5, 5.41) is 0. The number of rotatable bonds is 18. The van der Waals surface area contributed by atoms with Gasteiger partial charge in [0.25, 0.3) is 0 Å². The van der Waals surface area contributed by atoms with Crippen molar-refractivity contribution >= 4 is 0 Å². The van der Waals surface area contributed by atoms with Crippen LogP contribution in [0.1, 0.15) is 104 Å². The Bertz CT molecular complexity index is 690. The Morgan fingerprint density at radius 1 is 0.562 bits per heavy atom. The molecule has 178 valence electrons. The average molecular weight is 439 g/mol. The highest BCUT2D eigenvalue weighted by Crippen LogP contribution is 2.25. The molecule has 0 aliphatic heterocycles. The third-order valence-corrected chi connectivity index (χ3v) is 6.11. The maximum atomic E-state index is 6.08. The second-order valence-electron chi connectivity index (χ2n) is 9.15. The summed E-state index contributed by atoms with van der Waals surface area (Å²) in [7, 11) is 0. The predicted molar refractivity (Wildman–Crippen MR) is 139 cm³/mol. The fourth-order valence-corrected chi connectivity index (χ4v) is 4.05. The van der Waals surface area contributed by atoms with E-state index in [1.54, 1.807) is 0 Å². The van der Waals surface area contributed by atoms with Crippen molar-refractivity contribution in [3.05, 3.63) is 48.5 Å². The normalized spacial score (nSPS) is 12.0. The standard InChI is InChI=1S/C30H46O2/c1-4-6-8-10-11-12-13-15-25-31-29-21-17-27(18-22-29)28-19-23-30(24-20-28)32-26(3)16-14-9-7-5-2/h17-24,26H,4-16,25H2,1-3H3/t26-/m1/s1. The van der Waals surface area contributed by atoms with Gasteiger partial charge in [-0.3, -0.25) is 0 Å². The Morgan fingerprint density at radius 2 is 1.03 bits per heavy atom. The van der Waals surface area contributed by atoms with E-state index in [-0.39, 0.29) is 6.10 Å². The fourth-order valence-electron chi connectivity index (χ4n) is 4.05. The number of hydrogen-bond acceptors (Lipinski definition) is 2. The Balaban J connectivity index is 1.66. The second kappa shape index (κ2) is 16.6. The number of unbranched alkanes of at least 4 members (excludes halogenated alkanes) is 10. The molecule has 0 aliphatic rings. The van der Waals surface area contributed by atoms with Crippen molar-refractivity contribution in [2.75, 3.05) is 6.61 Å². The van der Waals surface area contributed by atoms with Crippen LogP contribution in [0.2, 0.25) is 0 Å². The van der Waals surface area contributed by atoms with Gasteiger partial charge < -0.3 is 9.47 Å². The summed E-state index contributed by atoms with van der Waals surface area (Å²) < 4.78 is 12.0. The molecule has 0 saturated heterocycles. The number of hydrogen-bond donors (Lipinski definition) is 0. The van der Waals surface area contributed by atoms with Crippen molar-refractivity contribution < 1.29 is 9.47 Å². The highest BCUT2D eigenvalue weighted by molar-refractivity contribution is 5.64. The molecule has 2 rings (SSSR count). The van der Waals surface area contributed by atoms with Crippen LogP contribution in [-0.4, -0.2) is 12.7 Å². The van der Waals surface area contributed by atoms with Gasteiger partial charge in [0.1, 0.15) is 11.5 Å². The first-order valence-corrected chi connectivity index (χ1v) is 13.2. The molecule has 0 radical (unpaired) electrons. The zero-order valence-corrected chi connectivity index (χ0v) is 20.9. The average Bonchev–Trinajstić information content (AvgIpc) is 2.82. The lowest BCUT2D eigenvalue weighted by molar-refractivity contribution is 0.206. The molecule has 0 bridgehead atoms. The predicted octanol–water partition coefficient (Wildman–Crippen LogP) is 9.61. The summed E-state index contributed by atoms with van der Waals surface area (Å²) in [6.45, 7) is 7.51. The molecule has 0 saturated carbocycles. The van der Waals surface area contributed by atoms with Gasteiger partial charge in [-0.2, -0.15) is 0 Å². The van der Waals surface area contributed by atoms with E-state index in [0.29, 0.717) is 0 Å². The second-order valence-corrected chi connectivity index (χ2v) is 9.15. The van der Waals surface area contributed by atoms with Gasteiger partial charge in [-0.05, 0) is 61.6 Å². The van der Waals surface area contributed by atoms with Gasteiger partial charge in [0.05, 0.1) is 12.7 Å². The van der Waals surface area contributed by atoms with Gasteiger partial charge in [0.2, 0.25) is 0 Å². The van der Waals surface area contributed by atoms with Gasteiger partial charge >= 0.3 is 0 Å². The van der Waals surface area contributed by atoms with Gasteiger partial charge in [-0.1, -0.05) is 102 Å². The van der Waals surface area contributed by atoms with Crippen LogP contribution in [0.25, 0.3) is 11.1 Å². The smallest absolute Gasteiger partial charge is 0.119 e. The summed E-state index contributed by atoms with van der Waals surface area (Å²) in [5.41, 5.74) is 2.42. The molecule has 2 heteroatoms. The molecule has 32 heavy (non-hydrogen) atoms. The van der Waals surface area contributed by atoms with E-state index in [1.807, 2.05) is 0 Å². The first-order valence-electron chi connectivity index (χ1n) is 13.2. The van der Waals surface area contributed by atoms with Crippen LogP contribution in [0.4, 0.5) is 0 Å². The molecular weight excluding hydrogens is 392 g/mol. The van der Waals surface area contributed by atoms with Crippen LogP contribution in [0.3, 0.4) is 0 Å². The molecule has 1 atom stereocenters. The molecule has 0 fully saturated rings. The highest BCUT2D eigenvalue weighted by atomic mass is 16.5. The third-order valence-electron chi connectivity index (χ3n) is 6.11. The molecule has 0 amide bonds. The van der Waals surface area contributed by atoms with E-state index < -0.39 is 0 Å². The van der Waals surface area contributed by atoms with E-state index in [9.17, 15) is 0 Å². The van der Waals surface area contributed by atoms with Crippen molar-refractivity contribution in [1.82, 2.24) is 0 Å². The number of benzene rings is 2. The summed E-state index contributed by atoms with van der Waals surface area (Å²) in [6, 6.07) is 16.9. The Hall–Kier alpha value is -1.96. The van der Waals surface area contributed by atoms with Crippen molar-refractivity contribution in [1.29, 1.82) is 0 Å². The van der Waals surface area contributed by atoms with Crippen LogP contribution in [-0.2, 0) is 0 Å². The van der Waals surface area contributed by atoms with Crippen molar-refractivity contribution in [2.45, 2.75) is 110 Å². The van der Waals surface area contributed by atoms with E-state index >= 15 is 0 Å². The largest absolute Gasteiger partial charge is 0.494 e. The minimum absolute atomic E-state index is 0.273. The zero-order chi connectivity index (χ0) is 22.9. The Kier molecular flexibility index (Phi) is 13.7. The van der Waals surface area contributed by atoms with Crippen LogP contribution in [0.5, 0.6) is 11.5 Å². The van der Waals surface area contributed by atoms with Gasteiger partial charge in [-0.25, -0.2) is 0 Å². The minimum Gasteiger partial charge on any atom is -0.494 e. The van der Waals surface area contributed by atoms with Crippen LogP contribution < -0.4 is 9.47 Å². The first-order chi connectivity index (χ1) is 15.7. The fraction of sp³-hybridized carbons (Fsp3) is 0.600. The summed E-state index contributed by atoms with van der Waals surface area (Å²) in [5.74, 6) is 1.93. The molecule has 2 nitrogen and oxygen atoms in total. The molecule has 2 aromatic rings. The van der Waals surface area contributed by atoms with Crippen LogP contribution in [0.15, 0.2) is 48.5 Å². The van der Waals surface area contributed by atoms with E-state index in [1.165, 1.54) is 81.8 Å². The van der Waals surface area contributed by atoms with Crippen molar-refractivity contribution in [2.24, 2.45) is 0 Å². The lowest BCUT2D eigenvalue weighted by atomic mass is 10.1. The van der Waals surface area contributed by atoms with Crippen LogP contribution >= 0.6 is 0 Å². The van der Waals surface area contributed by atoms with Crippen molar-refractivity contribution in [3.8, 4) is 22.6 Å². The summed E-state index contributed by atoms with van der Waals surface area (Å²) in [4.78, 5) is 0. The zero-order valence-electron chi connectivity index (χ0n) is 20.9. The lowest BCUT2D eigenvalue weighted by Gasteiger charge is -2.15. The van der Waals surface area contributed by atoms with E-state index in [2.05, 4.69) is 69.3 Å². The van der Waals surface area contributed by atoms with Gasteiger partial charge in [0.15, 0.2) is 0 Å². The summed E-state index contributed by atoms with van der Waals surface area (Å²) >= 11 is 0. The monoisotopic (exact) mass is 438 g/mol. The van der Waals surface area contributed by atoms with Crippen LogP contribution in [0, 0.1) is 0 Å². The Labute approximate surface area is 197 Å². The molecule has 2 aromatic carbocycles. The SMILES string of the molecule is CCCCCCCCCCOc1ccc(-c2ccc(O[C@H](C)CCCCCC)cc2)cc1. The van der Waals surface area contributed by atoms with E-state index in [4.69, 9.17) is 9.47 Å². The molecule has 0 heterocycles. The first kappa shape index (κ1) is 26.3. The molecule has 0 aromatic heterocycles. The Morgan fingerprint density at radius 3 is 1.59 bits per heavy atom. The topological polar surface area (TPSA) is 18.5 Å². The number of ether oxygens (including phenoxy) is 2. The van der Waals surface area contributed by atoms with E-state index in [0.717, 1.165) is 30.9 Å². The molecular formula is C30H46O2. The highest BCUT2D eigenvalue weighted by Gasteiger charge is 2.05. The van der Waals surface area contributed by atoms with Gasteiger partial charge in [-0.15, -0.1) is 0 Å². The molecule has 0 spiro atoms. The molecule has 0 aliphatic carbocycles. The van der Waals surface area contributed by atoms with Crippen molar-refractivity contribution in [3.63, 3.8) is 0 Å². The third kappa shape index (κ3) is 11.1. The maximum absolute atomic E-state index is 6.08. The van der Waals surface area contributed by atoms with Gasteiger partial charge in [0, 0.05) is 0 Å². The lowest BCUT2D eigenvalue weighted by Crippen LogP contribution is -2.11. The summed E-state index contributed by atoms with van der Waals surface area (Å²) in [6.07, 6.45) is 17.2.